The number of nitrogens with zero attached hydrogens (tertiary/aromatic N) is 3. The van der Waals surface area contributed by atoms with Crippen LogP contribution in [0.2, 0.25) is 0 Å². The molecular formula is C28H35FN4O4. The summed E-state index contributed by atoms with van der Waals surface area (Å²) in [6, 6.07) is 8.38. The van der Waals surface area contributed by atoms with Crippen LogP contribution in [0.1, 0.15) is 47.0 Å². The maximum Gasteiger partial charge on any atom is 0.415 e. The summed E-state index contributed by atoms with van der Waals surface area (Å²) in [6.45, 7) is 9.00. The average Bonchev–Trinajstić information content (AvgIpc) is 3.24. The standard InChI is InChI=1S/C28H35FN4O4/c1-7-18(4)28(12-11-17(2)3)15-33(27(34)37-28)22-13-19-21(14-24(22)36-6)30-16-31-26(19)32-20-9-8-10-23(35-5)25(20)29/h8-10,13-14,16-18H,7,11-12,15H2,1-6H3,(H,30,31,32). The summed E-state index contributed by atoms with van der Waals surface area (Å²) in [5, 5.41) is 3.66. The summed E-state index contributed by atoms with van der Waals surface area (Å²) in [6.07, 6.45) is 3.61. The zero-order valence-electron chi connectivity index (χ0n) is 22.3. The fourth-order valence-electron chi connectivity index (χ4n) is 4.75. The number of ether oxygens (including phenoxy) is 3. The van der Waals surface area contributed by atoms with Crippen LogP contribution in [0.15, 0.2) is 36.7 Å². The maximum absolute atomic E-state index is 14.9. The van der Waals surface area contributed by atoms with Gasteiger partial charge in [-0.1, -0.05) is 33.8 Å². The Morgan fingerprint density at radius 2 is 1.92 bits per heavy atom. The zero-order valence-corrected chi connectivity index (χ0v) is 22.3. The number of hydrogen-bond acceptors (Lipinski definition) is 7. The van der Waals surface area contributed by atoms with Crippen molar-refractivity contribution < 1.29 is 23.4 Å². The Kier molecular flexibility index (Phi) is 7.71. The molecule has 2 aromatic carbocycles. The molecule has 3 aromatic rings. The van der Waals surface area contributed by atoms with Gasteiger partial charge in [-0.3, -0.25) is 4.90 Å². The zero-order chi connectivity index (χ0) is 26.7. The van der Waals surface area contributed by atoms with Crippen LogP contribution >= 0.6 is 0 Å². The van der Waals surface area contributed by atoms with Crippen LogP contribution in [0, 0.1) is 17.7 Å². The number of benzene rings is 2. The molecule has 0 spiro atoms. The highest BCUT2D eigenvalue weighted by Crippen LogP contribution is 2.43. The van der Waals surface area contributed by atoms with Crippen molar-refractivity contribution in [3.8, 4) is 11.5 Å². The van der Waals surface area contributed by atoms with Crippen LogP contribution in [-0.4, -0.2) is 42.4 Å². The average molecular weight is 511 g/mol. The monoisotopic (exact) mass is 510 g/mol. The highest BCUT2D eigenvalue weighted by atomic mass is 19.1. The Morgan fingerprint density at radius 3 is 2.59 bits per heavy atom. The summed E-state index contributed by atoms with van der Waals surface area (Å²) in [7, 11) is 2.97. The SMILES string of the molecule is CCC(C)C1(CCC(C)C)CN(c2cc3c(Nc4cccc(OC)c4F)ncnc3cc2OC)C(=O)O1. The first kappa shape index (κ1) is 26.4. The topological polar surface area (TPSA) is 85.8 Å². The Hall–Kier alpha value is -3.62. The fourth-order valence-corrected chi connectivity index (χ4v) is 4.75. The fraction of sp³-hybridized carbons (Fsp3) is 0.464. The van der Waals surface area contributed by atoms with E-state index in [2.05, 4.69) is 43.0 Å². The summed E-state index contributed by atoms with van der Waals surface area (Å²) >= 11 is 0. The molecule has 2 atom stereocenters. The second-order valence-corrected chi connectivity index (χ2v) is 9.97. The molecule has 1 fully saturated rings. The summed E-state index contributed by atoms with van der Waals surface area (Å²) in [5.41, 5.74) is 0.760. The van der Waals surface area contributed by atoms with Crippen molar-refractivity contribution in [3.05, 3.63) is 42.5 Å². The van der Waals surface area contributed by atoms with E-state index in [0.717, 1.165) is 19.3 Å². The quantitative estimate of drug-likeness (QED) is 0.324. The van der Waals surface area contributed by atoms with Gasteiger partial charge in [0, 0.05) is 11.5 Å². The van der Waals surface area contributed by atoms with Gasteiger partial charge >= 0.3 is 6.09 Å². The van der Waals surface area contributed by atoms with Gasteiger partial charge < -0.3 is 19.5 Å². The number of carbonyl (C=O) groups is 1. The molecule has 9 heteroatoms. The lowest BCUT2D eigenvalue weighted by Gasteiger charge is -2.33. The molecule has 1 amide bonds. The number of aromatic nitrogens is 2. The molecular weight excluding hydrogens is 475 g/mol. The second-order valence-electron chi connectivity index (χ2n) is 9.97. The number of anilines is 3. The molecule has 1 aromatic heterocycles. The third-order valence-electron chi connectivity index (χ3n) is 7.26. The molecule has 198 valence electrons. The summed E-state index contributed by atoms with van der Waals surface area (Å²) in [4.78, 5) is 23.6. The van der Waals surface area contributed by atoms with Gasteiger partial charge in [0.2, 0.25) is 0 Å². The predicted octanol–water partition coefficient (Wildman–Crippen LogP) is 6.71. The van der Waals surface area contributed by atoms with E-state index in [1.807, 2.05) is 0 Å². The molecule has 1 aliphatic rings. The summed E-state index contributed by atoms with van der Waals surface area (Å²) < 4.78 is 31.7. The lowest BCUT2D eigenvalue weighted by Crippen LogP contribution is -2.41. The van der Waals surface area contributed by atoms with Crippen LogP contribution in [-0.2, 0) is 4.74 Å². The minimum absolute atomic E-state index is 0.119. The normalized spacial score (nSPS) is 18.3. The lowest BCUT2D eigenvalue weighted by molar-refractivity contribution is -0.000190. The third kappa shape index (κ3) is 5.12. The molecule has 0 bridgehead atoms. The highest BCUT2D eigenvalue weighted by Gasteiger charge is 2.49. The maximum atomic E-state index is 14.9. The van der Waals surface area contributed by atoms with E-state index in [1.54, 1.807) is 42.3 Å². The number of nitrogens with one attached hydrogen (secondary N) is 1. The molecule has 0 aliphatic carbocycles. The van der Waals surface area contributed by atoms with Gasteiger partial charge in [-0.15, -0.1) is 0 Å². The number of cyclic esters (lactones) is 1. The number of rotatable bonds is 10. The molecule has 0 saturated carbocycles. The van der Waals surface area contributed by atoms with Crippen LogP contribution in [0.5, 0.6) is 11.5 Å². The van der Waals surface area contributed by atoms with E-state index in [1.165, 1.54) is 13.4 Å². The lowest BCUT2D eigenvalue weighted by atomic mass is 9.81. The van der Waals surface area contributed by atoms with E-state index in [4.69, 9.17) is 14.2 Å². The molecule has 2 unspecified atom stereocenters. The Morgan fingerprint density at radius 1 is 1.16 bits per heavy atom. The molecule has 2 heterocycles. The molecule has 37 heavy (non-hydrogen) atoms. The van der Waals surface area contributed by atoms with Crippen molar-refractivity contribution >= 4 is 34.2 Å². The minimum Gasteiger partial charge on any atom is -0.494 e. The van der Waals surface area contributed by atoms with Gasteiger partial charge in [0.05, 0.1) is 37.7 Å². The number of carbonyl (C=O) groups excluding carboxylic acids is 1. The van der Waals surface area contributed by atoms with E-state index in [9.17, 15) is 9.18 Å². The van der Waals surface area contributed by atoms with Crippen molar-refractivity contribution in [1.29, 1.82) is 0 Å². The van der Waals surface area contributed by atoms with Crippen molar-refractivity contribution in [1.82, 2.24) is 9.97 Å². The van der Waals surface area contributed by atoms with Crippen LogP contribution < -0.4 is 19.7 Å². The Labute approximate surface area is 217 Å². The number of amides is 1. The number of fused-ring (bicyclic) bond motifs is 1. The Balaban J connectivity index is 1.77. The smallest absolute Gasteiger partial charge is 0.415 e. The molecule has 4 rings (SSSR count). The second kappa shape index (κ2) is 10.8. The van der Waals surface area contributed by atoms with Gasteiger partial charge in [-0.2, -0.15) is 0 Å². The first-order chi connectivity index (χ1) is 17.7. The van der Waals surface area contributed by atoms with Crippen LogP contribution in [0.25, 0.3) is 10.9 Å². The third-order valence-corrected chi connectivity index (χ3v) is 7.26. The number of hydrogen-bond donors (Lipinski definition) is 1. The van der Waals surface area contributed by atoms with Crippen molar-refractivity contribution in [2.45, 2.75) is 52.6 Å². The van der Waals surface area contributed by atoms with Gasteiger partial charge in [0.15, 0.2) is 11.6 Å². The minimum atomic E-state index is -0.589. The van der Waals surface area contributed by atoms with Crippen LogP contribution in [0.3, 0.4) is 0 Å². The van der Waals surface area contributed by atoms with Gasteiger partial charge in [-0.25, -0.2) is 19.2 Å². The number of methoxy groups -OCH3 is 2. The van der Waals surface area contributed by atoms with Crippen molar-refractivity contribution in [2.24, 2.45) is 11.8 Å². The van der Waals surface area contributed by atoms with Gasteiger partial charge in [-0.05, 0) is 49.3 Å². The van der Waals surface area contributed by atoms with Gasteiger partial charge in [0.25, 0.3) is 0 Å². The largest absolute Gasteiger partial charge is 0.494 e. The number of halogens is 1. The van der Waals surface area contributed by atoms with Crippen molar-refractivity contribution in [2.75, 3.05) is 31.0 Å². The van der Waals surface area contributed by atoms with E-state index in [-0.39, 0.29) is 17.4 Å². The first-order valence-electron chi connectivity index (χ1n) is 12.7. The molecule has 1 N–H and O–H groups in total. The molecule has 1 saturated heterocycles. The first-order valence-corrected chi connectivity index (χ1v) is 12.7. The van der Waals surface area contributed by atoms with Crippen LogP contribution in [0.4, 0.5) is 26.4 Å². The Bertz CT molecular complexity index is 1280. The highest BCUT2D eigenvalue weighted by molar-refractivity contribution is 6.00. The predicted molar refractivity (Wildman–Crippen MR) is 142 cm³/mol. The molecule has 0 radical (unpaired) electrons. The van der Waals surface area contributed by atoms with Gasteiger partial charge in [0.1, 0.15) is 23.5 Å². The van der Waals surface area contributed by atoms with E-state index in [0.29, 0.717) is 40.6 Å². The van der Waals surface area contributed by atoms with E-state index >= 15 is 0 Å². The van der Waals surface area contributed by atoms with E-state index < -0.39 is 17.5 Å². The molecule has 1 aliphatic heterocycles. The molecule has 8 nitrogen and oxygen atoms in total. The summed E-state index contributed by atoms with van der Waals surface area (Å²) in [5.74, 6) is 1.15. The van der Waals surface area contributed by atoms with Crippen molar-refractivity contribution in [3.63, 3.8) is 0 Å².